The molecule has 0 unspecified atom stereocenters. The third kappa shape index (κ3) is 2.37. The minimum Gasteiger partial charge on any atom is -0.288 e. The number of hydrogen-bond donors (Lipinski definition) is 0. The SMILES string of the molecule is O=C(c1cccc(F)c1Cl)c1cccc(Cl)c1Cl. The predicted molar refractivity (Wildman–Crippen MR) is 71.3 cm³/mol. The lowest BCUT2D eigenvalue weighted by atomic mass is 10.0. The molecule has 0 heterocycles. The molecule has 2 rings (SSSR count). The summed E-state index contributed by atoms with van der Waals surface area (Å²) in [5, 5.41) is 0.165. The highest BCUT2D eigenvalue weighted by Gasteiger charge is 2.18. The van der Waals surface area contributed by atoms with E-state index in [1.165, 1.54) is 24.3 Å². The first-order valence-corrected chi connectivity index (χ1v) is 6.08. The van der Waals surface area contributed by atoms with Gasteiger partial charge in [0.2, 0.25) is 0 Å². The van der Waals surface area contributed by atoms with Gasteiger partial charge in [-0.25, -0.2) is 4.39 Å². The fourth-order valence-corrected chi connectivity index (χ4v) is 2.10. The molecule has 0 aliphatic rings. The first-order chi connectivity index (χ1) is 8.52. The van der Waals surface area contributed by atoms with Gasteiger partial charge in [0, 0.05) is 11.1 Å². The van der Waals surface area contributed by atoms with E-state index in [4.69, 9.17) is 34.8 Å². The van der Waals surface area contributed by atoms with Crippen LogP contribution in [0.5, 0.6) is 0 Å². The number of ketones is 1. The van der Waals surface area contributed by atoms with Gasteiger partial charge in [-0.05, 0) is 24.3 Å². The Morgan fingerprint density at radius 1 is 0.889 bits per heavy atom. The van der Waals surface area contributed by atoms with Crippen LogP contribution in [0.15, 0.2) is 36.4 Å². The largest absolute Gasteiger partial charge is 0.288 e. The molecule has 0 saturated heterocycles. The van der Waals surface area contributed by atoms with Crippen LogP contribution < -0.4 is 0 Å². The second-order valence-electron chi connectivity index (χ2n) is 3.53. The molecular weight excluding hydrogens is 297 g/mol. The number of carbonyl (C=O) groups is 1. The third-order valence-electron chi connectivity index (χ3n) is 2.39. The Morgan fingerprint density at radius 2 is 1.44 bits per heavy atom. The first kappa shape index (κ1) is 13.3. The topological polar surface area (TPSA) is 17.1 Å². The monoisotopic (exact) mass is 302 g/mol. The molecular formula is C13H6Cl3FO. The van der Waals surface area contributed by atoms with Gasteiger partial charge in [0.05, 0.1) is 15.1 Å². The fourth-order valence-electron chi connectivity index (χ4n) is 1.50. The second-order valence-corrected chi connectivity index (χ2v) is 4.70. The molecule has 0 saturated carbocycles. The molecule has 0 fully saturated rings. The number of rotatable bonds is 2. The molecule has 0 radical (unpaired) electrons. The predicted octanol–water partition coefficient (Wildman–Crippen LogP) is 5.02. The number of hydrogen-bond acceptors (Lipinski definition) is 1. The summed E-state index contributed by atoms with van der Waals surface area (Å²) >= 11 is 17.5. The van der Waals surface area contributed by atoms with Crippen molar-refractivity contribution in [3.63, 3.8) is 0 Å². The molecule has 2 aromatic rings. The van der Waals surface area contributed by atoms with Gasteiger partial charge < -0.3 is 0 Å². The van der Waals surface area contributed by atoms with E-state index in [0.717, 1.165) is 0 Å². The van der Waals surface area contributed by atoms with Crippen molar-refractivity contribution in [1.82, 2.24) is 0 Å². The Bertz CT molecular complexity index is 572. The molecule has 18 heavy (non-hydrogen) atoms. The molecule has 0 aliphatic carbocycles. The van der Waals surface area contributed by atoms with Crippen molar-refractivity contribution < 1.29 is 9.18 Å². The Kier molecular flexibility index (Phi) is 3.91. The van der Waals surface area contributed by atoms with Crippen LogP contribution >= 0.6 is 34.8 Å². The molecule has 0 atom stereocenters. The van der Waals surface area contributed by atoms with E-state index in [1.54, 1.807) is 12.1 Å². The molecule has 5 heteroatoms. The highest BCUT2D eigenvalue weighted by atomic mass is 35.5. The van der Waals surface area contributed by atoms with Crippen LogP contribution in [0.25, 0.3) is 0 Å². The fraction of sp³-hybridized carbons (Fsp3) is 0. The second kappa shape index (κ2) is 5.27. The van der Waals surface area contributed by atoms with Crippen LogP contribution in [0.1, 0.15) is 15.9 Å². The highest BCUT2D eigenvalue weighted by molar-refractivity contribution is 6.45. The number of halogens is 4. The number of carbonyl (C=O) groups excluding carboxylic acids is 1. The molecule has 1 nitrogen and oxygen atoms in total. The van der Waals surface area contributed by atoms with Crippen molar-refractivity contribution in [2.24, 2.45) is 0 Å². The summed E-state index contributed by atoms with van der Waals surface area (Å²) in [4.78, 5) is 12.2. The Hall–Kier alpha value is -1.09. The van der Waals surface area contributed by atoms with E-state index < -0.39 is 11.6 Å². The van der Waals surface area contributed by atoms with Gasteiger partial charge in [-0.1, -0.05) is 46.9 Å². The van der Waals surface area contributed by atoms with Crippen molar-refractivity contribution >= 4 is 40.6 Å². The summed E-state index contributed by atoms with van der Waals surface area (Å²) in [7, 11) is 0. The van der Waals surface area contributed by atoms with Gasteiger partial charge in [-0.15, -0.1) is 0 Å². The lowest BCUT2D eigenvalue weighted by Crippen LogP contribution is -2.04. The van der Waals surface area contributed by atoms with Crippen molar-refractivity contribution in [2.75, 3.05) is 0 Å². The minimum atomic E-state index is -0.652. The molecule has 2 aromatic carbocycles. The summed E-state index contributed by atoms with van der Waals surface area (Å²) in [5.41, 5.74) is 0.248. The molecule has 0 aromatic heterocycles. The maximum Gasteiger partial charge on any atom is 0.196 e. The van der Waals surface area contributed by atoms with Crippen molar-refractivity contribution in [1.29, 1.82) is 0 Å². The highest BCUT2D eigenvalue weighted by Crippen LogP contribution is 2.29. The minimum absolute atomic E-state index is 0.0563. The lowest BCUT2D eigenvalue weighted by molar-refractivity contribution is 0.103. The van der Waals surface area contributed by atoms with Crippen LogP contribution in [0, 0.1) is 5.82 Å². The van der Waals surface area contributed by atoms with E-state index in [9.17, 15) is 9.18 Å². The van der Waals surface area contributed by atoms with Crippen molar-refractivity contribution in [3.8, 4) is 0 Å². The van der Waals surface area contributed by atoms with Gasteiger partial charge in [0.15, 0.2) is 5.78 Å². The standard InChI is InChI=1S/C13H6Cl3FO/c14-9-5-1-3-7(11(9)15)13(18)8-4-2-6-10(17)12(8)16/h1-6H. The molecule has 92 valence electrons. The van der Waals surface area contributed by atoms with E-state index in [2.05, 4.69) is 0 Å². The normalized spacial score (nSPS) is 10.4. The van der Waals surface area contributed by atoms with E-state index in [1.807, 2.05) is 0 Å². The maximum absolute atomic E-state index is 13.3. The average molecular weight is 304 g/mol. The zero-order valence-electron chi connectivity index (χ0n) is 8.88. The zero-order valence-corrected chi connectivity index (χ0v) is 11.2. The molecule has 0 amide bonds. The first-order valence-electron chi connectivity index (χ1n) is 4.95. The molecule has 0 aliphatic heterocycles. The summed E-state index contributed by atoms with van der Waals surface area (Å²) in [6, 6.07) is 8.69. The van der Waals surface area contributed by atoms with E-state index in [-0.39, 0.29) is 26.2 Å². The lowest BCUT2D eigenvalue weighted by Gasteiger charge is -2.07. The van der Waals surface area contributed by atoms with Gasteiger partial charge >= 0.3 is 0 Å². The molecule has 0 bridgehead atoms. The van der Waals surface area contributed by atoms with Crippen LogP contribution in [0.2, 0.25) is 15.1 Å². The van der Waals surface area contributed by atoms with Crippen molar-refractivity contribution in [3.05, 3.63) is 68.4 Å². The van der Waals surface area contributed by atoms with Crippen molar-refractivity contribution in [2.45, 2.75) is 0 Å². The Morgan fingerprint density at radius 3 is 2.11 bits per heavy atom. The molecule has 0 N–H and O–H groups in total. The van der Waals surface area contributed by atoms with Crippen LogP contribution in [-0.4, -0.2) is 5.78 Å². The number of benzene rings is 2. The summed E-state index contributed by atoms with van der Waals surface area (Å²) in [6.07, 6.45) is 0. The average Bonchev–Trinajstić information content (AvgIpc) is 2.35. The smallest absolute Gasteiger partial charge is 0.196 e. The van der Waals surface area contributed by atoms with Gasteiger partial charge in [0.1, 0.15) is 5.82 Å². The van der Waals surface area contributed by atoms with Gasteiger partial charge in [-0.3, -0.25) is 4.79 Å². The Balaban J connectivity index is 2.55. The van der Waals surface area contributed by atoms with E-state index in [0.29, 0.717) is 0 Å². The molecule has 0 spiro atoms. The third-order valence-corrected chi connectivity index (χ3v) is 3.60. The van der Waals surface area contributed by atoms with E-state index >= 15 is 0 Å². The maximum atomic E-state index is 13.3. The summed E-state index contributed by atoms with van der Waals surface area (Å²) < 4.78 is 13.3. The van der Waals surface area contributed by atoms with Crippen LogP contribution in [0.4, 0.5) is 4.39 Å². The quantitative estimate of drug-likeness (QED) is 0.712. The van der Waals surface area contributed by atoms with Gasteiger partial charge in [-0.2, -0.15) is 0 Å². The van der Waals surface area contributed by atoms with Gasteiger partial charge in [0.25, 0.3) is 0 Å². The Labute approximate surface area is 118 Å². The summed E-state index contributed by atoms with van der Waals surface area (Å²) in [6.45, 7) is 0. The zero-order chi connectivity index (χ0) is 13.3. The van der Waals surface area contributed by atoms with Crippen LogP contribution in [0.3, 0.4) is 0 Å². The summed E-state index contributed by atoms with van der Waals surface area (Å²) in [5.74, 6) is -1.12. The van der Waals surface area contributed by atoms with Crippen LogP contribution in [-0.2, 0) is 0 Å².